The summed E-state index contributed by atoms with van der Waals surface area (Å²) >= 11 is 0. The summed E-state index contributed by atoms with van der Waals surface area (Å²) in [5.41, 5.74) is 1.83. The first-order valence-corrected chi connectivity index (χ1v) is 14.6. The van der Waals surface area contributed by atoms with Gasteiger partial charge in [-0.3, -0.25) is 0 Å². The Hall–Kier alpha value is -0.200. The first kappa shape index (κ1) is 23.0. The molecule has 0 aromatic heterocycles. The van der Waals surface area contributed by atoms with E-state index in [1.807, 2.05) is 0 Å². The number of aliphatic hydroxyl groups is 1. The van der Waals surface area contributed by atoms with Crippen molar-refractivity contribution in [3.8, 4) is 0 Å². The van der Waals surface area contributed by atoms with Crippen molar-refractivity contribution in [1.82, 2.24) is 5.32 Å². The van der Waals surface area contributed by atoms with E-state index in [0.717, 1.165) is 49.8 Å². The molecule has 5 saturated carbocycles. The molecule has 7 fully saturated rings. The van der Waals surface area contributed by atoms with Crippen LogP contribution in [0.5, 0.6) is 0 Å². The highest BCUT2D eigenvalue weighted by atomic mass is 16.7. The first-order chi connectivity index (χ1) is 16.3. The molecular formula is C29H47NO4. The van der Waals surface area contributed by atoms with Crippen LogP contribution in [0.25, 0.3) is 0 Å². The minimum atomic E-state index is -0.0726. The molecule has 0 aromatic carbocycles. The van der Waals surface area contributed by atoms with Gasteiger partial charge in [-0.25, -0.2) is 0 Å². The van der Waals surface area contributed by atoms with Crippen molar-refractivity contribution in [2.75, 3.05) is 26.3 Å². The van der Waals surface area contributed by atoms with Gasteiger partial charge in [0.05, 0.1) is 31.5 Å². The zero-order valence-electron chi connectivity index (χ0n) is 21.7. The number of hydrogen-bond donors (Lipinski definition) is 2. The van der Waals surface area contributed by atoms with Crippen LogP contribution in [0.2, 0.25) is 0 Å². The molecule has 2 heterocycles. The smallest absolute Gasteiger partial charge is 0.170 e. The highest BCUT2D eigenvalue weighted by Crippen LogP contribution is 2.87. The molecule has 5 nitrogen and oxygen atoms in total. The Labute approximate surface area is 206 Å². The molecule has 34 heavy (non-hydrogen) atoms. The lowest BCUT2D eigenvalue weighted by Gasteiger charge is -2.60. The van der Waals surface area contributed by atoms with Gasteiger partial charge in [-0.1, -0.05) is 20.8 Å². The number of hydrogen-bond acceptors (Lipinski definition) is 5. The molecule has 7 rings (SSSR count). The van der Waals surface area contributed by atoms with Crippen LogP contribution in [-0.4, -0.2) is 56.0 Å². The second kappa shape index (κ2) is 7.66. The van der Waals surface area contributed by atoms with Crippen molar-refractivity contribution in [3.63, 3.8) is 0 Å². The summed E-state index contributed by atoms with van der Waals surface area (Å²) in [6, 6.07) is 0. The molecule has 11 atom stereocenters. The number of fused-ring (bicyclic) bond motifs is 4. The van der Waals surface area contributed by atoms with Crippen LogP contribution in [0.4, 0.5) is 0 Å². The SMILES string of the molecule is CC12CCC34CC35CC[C@H](OC3CNCCO3)C(C)(C)C5CCC4C1CC1OC(CO)CCC12. The van der Waals surface area contributed by atoms with Gasteiger partial charge in [0.15, 0.2) is 6.29 Å². The number of aliphatic hydroxyl groups excluding tert-OH is 1. The minimum absolute atomic E-state index is 0.0726. The maximum Gasteiger partial charge on any atom is 0.170 e. The van der Waals surface area contributed by atoms with E-state index >= 15 is 0 Å². The number of nitrogens with one attached hydrogen (secondary N) is 1. The first-order valence-electron chi connectivity index (χ1n) is 14.6. The Balaban J connectivity index is 1.12. The maximum absolute atomic E-state index is 9.72. The van der Waals surface area contributed by atoms with Gasteiger partial charge >= 0.3 is 0 Å². The molecule has 0 amide bonds. The van der Waals surface area contributed by atoms with Gasteiger partial charge in [0.1, 0.15) is 0 Å². The number of ether oxygens (including phenoxy) is 3. The van der Waals surface area contributed by atoms with Crippen LogP contribution in [-0.2, 0) is 14.2 Å². The lowest BCUT2D eigenvalue weighted by Crippen LogP contribution is -2.56. The van der Waals surface area contributed by atoms with Gasteiger partial charge in [0.2, 0.25) is 0 Å². The molecule has 10 unspecified atom stereocenters. The average Bonchev–Trinajstić information content (AvgIpc) is 3.41. The van der Waals surface area contributed by atoms with Gasteiger partial charge in [-0.15, -0.1) is 0 Å². The Bertz CT molecular complexity index is 812. The molecule has 2 aliphatic heterocycles. The molecule has 2 N–H and O–H groups in total. The number of morpholine rings is 1. The van der Waals surface area contributed by atoms with Crippen LogP contribution < -0.4 is 5.32 Å². The topological polar surface area (TPSA) is 60.0 Å². The van der Waals surface area contributed by atoms with Gasteiger partial charge in [-0.05, 0) is 110 Å². The Kier molecular flexibility index (Phi) is 5.17. The third-order valence-corrected chi connectivity index (χ3v) is 13.0. The van der Waals surface area contributed by atoms with Crippen molar-refractivity contribution in [1.29, 1.82) is 0 Å². The van der Waals surface area contributed by atoms with E-state index < -0.39 is 0 Å². The fourth-order valence-corrected chi connectivity index (χ4v) is 11.5. The summed E-state index contributed by atoms with van der Waals surface area (Å²) in [6.07, 6.45) is 14.0. The zero-order chi connectivity index (χ0) is 23.3. The van der Waals surface area contributed by atoms with Crippen LogP contribution in [0.15, 0.2) is 0 Å². The van der Waals surface area contributed by atoms with Crippen molar-refractivity contribution in [2.45, 2.75) is 110 Å². The third kappa shape index (κ3) is 2.91. The molecule has 5 aliphatic carbocycles. The molecular weight excluding hydrogens is 426 g/mol. The normalized spacial score (nSPS) is 57.5. The predicted octanol–water partition coefficient (Wildman–Crippen LogP) is 4.52. The van der Waals surface area contributed by atoms with E-state index in [4.69, 9.17) is 14.2 Å². The standard InChI is InChI=1S/C29H47NO4/c1-26(2)23-7-6-19-21-14-22-20(5-4-18(16-31)33-22)27(21,3)10-11-28(19)17-29(23,28)9-8-24(26)34-25-15-30-12-13-32-25/h18-25,30-31H,4-17H2,1-3H3/t18?,19?,20?,21?,22?,23?,24-,25?,27?,28?,29?/m0/s1. The Morgan fingerprint density at radius 3 is 2.59 bits per heavy atom. The van der Waals surface area contributed by atoms with Crippen LogP contribution in [0.1, 0.15) is 85.0 Å². The van der Waals surface area contributed by atoms with Crippen LogP contribution >= 0.6 is 0 Å². The Morgan fingerprint density at radius 1 is 0.941 bits per heavy atom. The summed E-state index contributed by atoms with van der Waals surface area (Å²) in [5.74, 6) is 3.22. The lowest BCUT2D eigenvalue weighted by molar-refractivity contribution is -0.232. The Morgan fingerprint density at radius 2 is 1.79 bits per heavy atom. The van der Waals surface area contributed by atoms with E-state index in [1.54, 1.807) is 0 Å². The highest BCUT2D eigenvalue weighted by Gasteiger charge is 2.80. The maximum atomic E-state index is 9.72. The van der Waals surface area contributed by atoms with Crippen molar-refractivity contribution in [3.05, 3.63) is 0 Å². The van der Waals surface area contributed by atoms with E-state index in [2.05, 4.69) is 26.1 Å². The highest BCUT2D eigenvalue weighted by molar-refractivity contribution is 5.29. The van der Waals surface area contributed by atoms with Gasteiger partial charge < -0.3 is 24.6 Å². The summed E-state index contributed by atoms with van der Waals surface area (Å²) < 4.78 is 19.1. The predicted molar refractivity (Wildman–Crippen MR) is 130 cm³/mol. The quantitative estimate of drug-likeness (QED) is 0.631. The van der Waals surface area contributed by atoms with E-state index in [1.165, 1.54) is 57.8 Å². The van der Waals surface area contributed by atoms with E-state index in [-0.39, 0.29) is 24.4 Å². The van der Waals surface area contributed by atoms with Crippen LogP contribution in [0.3, 0.4) is 0 Å². The summed E-state index contributed by atoms with van der Waals surface area (Å²) in [7, 11) is 0. The molecule has 192 valence electrons. The molecule has 0 aromatic rings. The third-order valence-electron chi connectivity index (χ3n) is 13.0. The van der Waals surface area contributed by atoms with Crippen molar-refractivity contribution < 1.29 is 19.3 Å². The lowest BCUT2D eigenvalue weighted by atomic mass is 9.46. The second-order valence-electron chi connectivity index (χ2n) is 14.2. The molecule has 2 saturated heterocycles. The summed E-state index contributed by atoms with van der Waals surface area (Å²) in [6.45, 7) is 10.4. The van der Waals surface area contributed by atoms with Crippen molar-refractivity contribution in [2.24, 2.45) is 45.3 Å². The molecule has 0 bridgehead atoms. The van der Waals surface area contributed by atoms with Gasteiger partial charge in [0, 0.05) is 13.1 Å². The van der Waals surface area contributed by atoms with Crippen molar-refractivity contribution >= 4 is 0 Å². The fourth-order valence-electron chi connectivity index (χ4n) is 11.5. The average molecular weight is 474 g/mol. The van der Waals surface area contributed by atoms with E-state index in [0.29, 0.717) is 28.5 Å². The molecule has 0 radical (unpaired) electrons. The minimum Gasteiger partial charge on any atom is -0.394 e. The van der Waals surface area contributed by atoms with Gasteiger partial charge in [-0.2, -0.15) is 0 Å². The van der Waals surface area contributed by atoms with Gasteiger partial charge in [0.25, 0.3) is 0 Å². The molecule has 5 heteroatoms. The van der Waals surface area contributed by atoms with E-state index in [9.17, 15) is 5.11 Å². The monoisotopic (exact) mass is 473 g/mol. The largest absolute Gasteiger partial charge is 0.394 e. The molecule has 2 spiro atoms. The second-order valence-corrected chi connectivity index (χ2v) is 14.2. The molecule has 7 aliphatic rings. The summed E-state index contributed by atoms with van der Waals surface area (Å²) in [5, 5.41) is 13.2. The fraction of sp³-hybridized carbons (Fsp3) is 1.00. The summed E-state index contributed by atoms with van der Waals surface area (Å²) in [4.78, 5) is 0. The van der Waals surface area contributed by atoms with Crippen LogP contribution in [0, 0.1) is 45.3 Å². The number of rotatable bonds is 3. The zero-order valence-corrected chi connectivity index (χ0v) is 21.7.